The van der Waals surface area contributed by atoms with Crippen molar-refractivity contribution in [1.29, 1.82) is 0 Å². The Kier molecular flexibility index (Phi) is 8.11. The highest BCUT2D eigenvalue weighted by Gasteiger charge is 1.95. The van der Waals surface area contributed by atoms with E-state index in [0.29, 0.717) is 0 Å². The lowest BCUT2D eigenvalue weighted by Crippen LogP contribution is -2.26. The molecule has 0 aliphatic carbocycles. The van der Waals surface area contributed by atoms with Crippen LogP contribution in [0, 0.1) is 0 Å². The Morgan fingerprint density at radius 1 is 0.400 bits per heavy atom. The van der Waals surface area contributed by atoms with E-state index in [0.717, 1.165) is 0 Å². The fraction of sp³-hybridized carbons (Fsp3) is 0. The summed E-state index contributed by atoms with van der Waals surface area (Å²) in [4.78, 5) is 0. The summed E-state index contributed by atoms with van der Waals surface area (Å²) in [7, 11) is 2.17. The first-order valence-electron chi connectivity index (χ1n) is 6.40. The van der Waals surface area contributed by atoms with E-state index in [9.17, 15) is 0 Å². The third-order valence-corrected chi connectivity index (χ3v) is 2.60. The number of hydrogen-bond donors (Lipinski definition) is 0. The second-order valence-corrected chi connectivity index (χ2v) is 4.12. The van der Waals surface area contributed by atoms with Gasteiger partial charge in [0.2, 0.25) is 0 Å². The normalized spacial score (nSPS) is 8.60. The number of hydrogen-bond acceptors (Lipinski definition) is 0. The fourth-order valence-electron chi connectivity index (χ4n) is 1.68. The molecule has 0 saturated heterocycles. The van der Waals surface area contributed by atoms with Crippen molar-refractivity contribution in [3.05, 3.63) is 97.1 Å². The highest BCUT2D eigenvalue weighted by Crippen LogP contribution is 1.84. The van der Waals surface area contributed by atoms with Gasteiger partial charge in [0.25, 0.3) is 0 Å². The molecule has 0 spiro atoms. The molecule has 3 aromatic carbocycles. The van der Waals surface area contributed by atoms with Gasteiger partial charge in [-0.3, -0.25) is 0 Å². The maximum absolute atomic E-state index is 2.17. The van der Waals surface area contributed by atoms with Crippen LogP contribution in [0.3, 0.4) is 0 Å². The first-order valence-corrected chi connectivity index (χ1v) is 6.40. The van der Waals surface area contributed by atoms with Crippen LogP contribution in [0.15, 0.2) is 97.1 Å². The predicted octanol–water partition coefficient (Wildman–Crippen LogP) is 3.09. The van der Waals surface area contributed by atoms with Crippen LogP contribution >= 0.6 is 9.90 Å². The molecule has 0 heterocycles. The van der Waals surface area contributed by atoms with E-state index >= 15 is 0 Å². The van der Waals surface area contributed by atoms with Crippen LogP contribution in [0.2, 0.25) is 0 Å². The van der Waals surface area contributed by atoms with Crippen LogP contribution < -0.4 is 10.9 Å². The topological polar surface area (TPSA) is 0 Å². The molecule has 1 atom stereocenters. The average molecular weight is 277 g/mol. The molecule has 0 aliphatic heterocycles. The SMILES string of the molecule is P.[B](c1ccccc1)c1ccccc1.c1ccccc1. The molecule has 0 bridgehead atoms. The summed E-state index contributed by atoms with van der Waals surface area (Å²) in [5, 5.41) is 0. The van der Waals surface area contributed by atoms with Crippen molar-refractivity contribution in [2.75, 3.05) is 0 Å². The summed E-state index contributed by atoms with van der Waals surface area (Å²) in [5.74, 6) is 0. The predicted molar refractivity (Wildman–Crippen MR) is 95.5 cm³/mol. The van der Waals surface area contributed by atoms with Crippen LogP contribution in [0.1, 0.15) is 0 Å². The van der Waals surface area contributed by atoms with Gasteiger partial charge in [0.15, 0.2) is 7.28 Å². The molecule has 1 unspecified atom stereocenters. The second kappa shape index (κ2) is 10.0. The lowest BCUT2D eigenvalue weighted by atomic mass is 9.64. The molecule has 0 saturated carbocycles. The van der Waals surface area contributed by atoms with Gasteiger partial charge in [0.1, 0.15) is 0 Å². The summed E-state index contributed by atoms with van der Waals surface area (Å²) in [5.41, 5.74) is 2.49. The molecule has 1 radical (unpaired) electrons. The highest BCUT2D eigenvalue weighted by molar-refractivity contribution is 6.92. The van der Waals surface area contributed by atoms with Gasteiger partial charge >= 0.3 is 0 Å². The van der Waals surface area contributed by atoms with Gasteiger partial charge < -0.3 is 0 Å². The molecule has 2 heteroatoms. The first-order chi connectivity index (χ1) is 9.45. The molecule has 0 amide bonds. The van der Waals surface area contributed by atoms with Crippen LogP contribution in [0.5, 0.6) is 0 Å². The Bertz CT molecular complexity index is 488. The van der Waals surface area contributed by atoms with E-state index in [-0.39, 0.29) is 9.90 Å². The van der Waals surface area contributed by atoms with Gasteiger partial charge in [-0.2, -0.15) is 9.90 Å². The Labute approximate surface area is 125 Å². The summed E-state index contributed by atoms with van der Waals surface area (Å²) >= 11 is 0. The lowest BCUT2D eigenvalue weighted by molar-refractivity contribution is 1.72. The second-order valence-electron chi connectivity index (χ2n) is 4.12. The van der Waals surface area contributed by atoms with E-state index in [1.54, 1.807) is 0 Å². The van der Waals surface area contributed by atoms with Gasteiger partial charge in [-0.15, -0.1) is 0 Å². The molecule has 3 rings (SSSR count). The van der Waals surface area contributed by atoms with Crippen molar-refractivity contribution in [3.8, 4) is 0 Å². The van der Waals surface area contributed by atoms with Crippen molar-refractivity contribution < 1.29 is 0 Å². The maximum atomic E-state index is 2.17. The van der Waals surface area contributed by atoms with E-state index in [4.69, 9.17) is 0 Å². The van der Waals surface area contributed by atoms with Crippen LogP contribution in [-0.4, -0.2) is 7.28 Å². The highest BCUT2D eigenvalue weighted by atomic mass is 31.0. The summed E-state index contributed by atoms with van der Waals surface area (Å²) in [6.07, 6.45) is 0. The standard InChI is InChI=1S/C12H10B.C6H6.H3P/c1-3-7-11(8-4-1)13-12-9-5-2-6-10-12;1-2-4-6-5-3-1;/h1-10H;1-6H;1H3. The zero-order valence-corrected chi connectivity index (χ0v) is 12.9. The molecular weight excluding hydrogens is 258 g/mol. The third kappa shape index (κ3) is 6.36. The van der Waals surface area contributed by atoms with Crippen LogP contribution in [0.25, 0.3) is 0 Å². The van der Waals surface area contributed by atoms with Gasteiger partial charge in [-0.1, -0.05) is 108 Å². The molecule has 3 aromatic rings. The number of benzene rings is 3. The minimum Gasteiger partial charge on any atom is -0.153 e. The molecule has 0 aliphatic rings. The van der Waals surface area contributed by atoms with E-state index in [1.165, 1.54) is 10.9 Å². The van der Waals surface area contributed by atoms with Gasteiger partial charge in [0, 0.05) is 0 Å². The van der Waals surface area contributed by atoms with Crippen molar-refractivity contribution >= 4 is 28.1 Å². The smallest absolute Gasteiger partial charge is 0.153 e. The minimum absolute atomic E-state index is 0. The Morgan fingerprint density at radius 2 is 0.650 bits per heavy atom. The number of rotatable bonds is 2. The summed E-state index contributed by atoms with van der Waals surface area (Å²) in [6.45, 7) is 0. The van der Waals surface area contributed by atoms with Gasteiger partial charge in [-0.25, -0.2) is 0 Å². The van der Waals surface area contributed by atoms with Crippen LogP contribution in [0.4, 0.5) is 0 Å². The van der Waals surface area contributed by atoms with E-state index in [1.807, 2.05) is 48.5 Å². The molecule has 0 aromatic heterocycles. The maximum Gasteiger partial charge on any atom is 0.191 e. The summed E-state index contributed by atoms with van der Waals surface area (Å²) in [6, 6.07) is 32.7. The minimum atomic E-state index is 0. The monoisotopic (exact) mass is 277 g/mol. The molecule has 99 valence electrons. The molecule has 0 fully saturated rings. The largest absolute Gasteiger partial charge is 0.191 e. The molecular formula is C18H19BP. The van der Waals surface area contributed by atoms with Gasteiger partial charge in [-0.05, 0) is 0 Å². The Balaban J connectivity index is 0.000000243. The molecule has 0 nitrogen and oxygen atoms in total. The average Bonchev–Trinajstić information content (AvgIpc) is 2.52. The van der Waals surface area contributed by atoms with Crippen molar-refractivity contribution in [3.63, 3.8) is 0 Å². The van der Waals surface area contributed by atoms with Crippen molar-refractivity contribution in [1.82, 2.24) is 0 Å². The fourth-order valence-corrected chi connectivity index (χ4v) is 1.68. The van der Waals surface area contributed by atoms with E-state index in [2.05, 4.69) is 55.8 Å². The Morgan fingerprint density at radius 3 is 0.950 bits per heavy atom. The zero-order chi connectivity index (χ0) is 13.2. The van der Waals surface area contributed by atoms with Crippen molar-refractivity contribution in [2.24, 2.45) is 0 Å². The van der Waals surface area contributed by atoms with E-state index < -0.39 is 0 Å². The summed E-state index contributed by atoms with van der Waals surface area (Å²) < 4.78 is 0. The van der Waals surface area contributed by atoms with Crippen LogP contribution in [-0.2, 0) is 0 Å². The van der Waals surface area contributed by atoms with Crippen molar-refractivity contribution in [2.45, 2.75) is 0 Å². The quantitative estimate of drug-likeness (QED) is 0.499. The lowest BCUT2D eigenvalue weighted by Gasteiger charge is -1.98. The molecule has 0 N–H and O–H groups in total. The molecule has 20 heavy (non-hydrogen) atoms. The third-order valence-electron chi connectivity index (χ3n) is 2.60. The Hall–Kier alpha value is -1.85. The van der Waals surface area contributed by atoms with Gasteiger partial charge in [0.05, 0.1) is 0 Å². The first kappa shape index (κ1) is 16.2. The zero-order valence-electron chi connectivity index (χ0n) is 11.5.